The Labute approximate surface area is 204 Å². The number of carboxylic acids is 1. The summed E-state index contributed by atoms with van der Waals surface area (Å²) in [5, 5.41) is 33.6. The summed E-state index contributed by atoms with van der Waals surface area (Å²) in [7, 11) is 0. The summed E-state index contributed by atoms with van der Waals surface area (Å²) < 4.78 is 11.3. The molecule has 0 aliphatic heterocycles. The molecular formula is C22H14BrN7O5. The number of nitrogens with zero attached hydrogens (tertiary/aromatic N) is 5. The molecule has 0 saturated carbocycles. The van der Waals surface area contributed by atoms with E-state index < -0.39 is 5.97 Å². The van der Waals surface area contributed by atoms with Crippen LogP contribution in [0.2, 0.25) is 0 Å². The van der Waals surface area contributed by atoms with Crippen LogP contribution in [0.5, 0.6) is 5.75 Å². The van der Waals surface area contributed by atoms with Crippen LogP contribution in [0.25, 0.3) is 22.6 Å². The molecule has 4 N–H and O–H groups in total. The third-order valence-electron chi connectivity index (χ3n) is 4.70. The van der Waals surface area contributed by atoms with Gasteiger partial charge in [0.25, 0.3) is 0 Å². The quantitative estimate of drug-likeness (QED) is 0.169. The van der Waals surface area contributed by atoms with Gasteiger partial charge >= 0.3 is 5.97 Å². The number of aromatic carboxylic acids is 1. The smallest absolute Gasteiger partial charge is 0.339 e. The zero-order valence-electron chi connectivity index (χ0n) is 17.5. The van der Waals surface area contributed by atoms with Crippen LogP contribution in [0.3, 0.4) is 0 Å². The van der Waals surface area contributed by atoms with Crippen LogP contribution in [0, 0.1) is 0 Å². The monoisotopic (exact) mass is 535 g/mol. The van der Waals surface area contributed by atoms with Gasteiger partial charge < -0.3 is 19.9 Å². The molecule has 35 heavy (non-hydrogen) atoms. The summed E-state index contributed by atoms with van der Waals surface area (Å²) in [6.07, 6.45) is 1.41. The lowest BCUT2D eigenvalue weighted by atomic mass is 10.1. The van der Waals surface area contributed by atoms with Crippen molar-refractivity contribution < 1.29 is 24.1 Å². The molecule has 13 heteroatoms. The number of carboxylic acid groups (broad SMARTS) is 1. The largest absolute Gasteiger partial charge is 0.507 e. The summed E-state index contributed by atoms with van der Waals surface area (Å²) >= 11 is 3.42. The van der Waals surface area contributed by atoms with Crippen molar-refractivity contribution in [3.63, 3.8) is 0 Å². The fraction of sp³-hybridized carbons (Fsp3) is 0. The number of fused-ring (bicyclic) bond motifs is 1. The molecule has 5 aromatic rings. The molecule has 3 aromatic heterocycles. The average molecular weight is 536 g/mol. The van der Waals surface area contributed by atoms with E-state index in [1.165, 1.54) is 18.3 Å². The lowest BCUT2D eigenvalue weighted by Crippen LogP contribution is -2.03. The number of hydrazone groups is 1. The van der Waals surface area contributed by atoms with Gasteiger partial charge in [0.15, 0.2) is 11.6 Å². The molecule has 5 rings (SSSR count). The SMILES string of the molecule is O=C(O)c1cc(-c2ccc(/C=N/Nc3nc4nonc4nc3Nc3cccc(Br)c3)o2)ccc1O. The van der Waals surface area contributed by atoms with Crippen molar-refractivity contribution in [2.24, 2.45) is 5.10 Å². The standard InChI is InChI=1S/C22H14BrN7O5/c23-12-2-1-3-13(9-12)25-18-19(27-21-20(26-18)29-35-30-21)28-24-10-14-5-7-17(34-14)11-4-6-16(31)15(8-11)22(32)33/h1-10,31H,(H,32,33)(H,25,26,29)(H,27,28,30)/b24-10+. The van der Waals surface area contributed by atoms with Gasteiger partial charge in [0.1, 0.15) is 22.8 Å². The molecular weight excluding hydrogens is 522 g/mol. The molecule has 0 spiro atoms. The van der Waals surface area contributed by atoms with E-state index in [9.17, 15) is 15.0 Å². The Bertz CT molecular complexity index is 1580. The Morgan fingerprint density at radius 1 is 1.03 bits per heavy atom. The molecule has 0 atom stereocenters. The number of aromatic nitrogens is 4. The Morgan fingerprint density at radius 2 is 1.83 bits per heavy atom. The highest BCUT2D eigenvalue weighted by Gasteiger charge is 2.14. The predicted molar refractivity (Wildman–Crippen MR) is 129 cm³/mol. The molecule has 0 amide bonds. The number of furan rings is 1. The van der Waals surface area contributed by atoms with Gasteiger partial charge in [0.05, 0.1) is 6.21 Å². The van der Waals surface area contributed by atoms with Crippen LogP contribution < -0.4 is 10.7 Å². The van der Waals surface area contributed by atoms with Crippen molar-refractivity contribution in [3.05, 3.63) is 70.4 Å². The molecule has 174 valence electrons. The van der Waals surface area contributed by atoms with Crippen LogP contribution in [-0.4, -0.2) is 42.7 Å². The van der Waals surface area contributed by atoms with Gasteiger partial charge in [-0.1, -0.05) is 22.0 Å². The zero-order chi connectivity index (χ0) is 24.4. The lowest BCUT2D eigenvalue weighted by Gasteiger charge is -2.09. The highest BCUT2D eigenvalue weighted by Crippen LogP contribution is 2.28. The second kappa shape index (κ2) is 9.23. The number of phenols is 1. The van der Waals surface area contributed by atoms with Crippen LogP contribution in [0.1, 0.15) is 16.1 Å². The Hall–Kier alpha value is -4.78. The first-order valence-corrected chi connectivity index (χ1v) is 10.7. The van der Waals surface area contributed by atoms with E-state index in [0.717, 1.165) is 10.2 Å². The second-order valence-electron chi connectivity index (χ2n) is 7.08. The second-order valence-corrected chi connectivity index (χ2v) is 7.99. The van der Waals surface area contributed by atoms with E-state index >= 15 is 0 Å². The van der Waals surface area contributed by atoms with Gasteiger partial charge in [-0.2, -0.15) is 10.1 Å². The molecule has 3 heterocycles. The minimum Gasteiger partial charge on any atom is -0.507 e. The van der Waals surface area contributed by atoms with Crippen LogP contribution in [-0.2, 0) is 0 Å². The number of halogens is 1. The highest BCUT2D eigenvalue weighted by atomic mass is 79.9. The number of nitrogens with one attached hydrogen (secondary N) is 2. The summed E-state index contributed by atoms with van der Waals surface area (Å²) in [5.74, 6) is -0.173. The molecule has 12 nitrogen and oxygen atoms in total. The normalized spacial score (nSPS) is 11.2. The van der Waals surface area contributed by atoms with Crippen molar-refractivity contribution in [2.75, 3.05) is 10.7 Å². The summed E-state index contributed by atoms with van der Waals surface area (Å²) in [5.41, 5.74) is 4.24. The summed E-state index contributed by atoms with van der Waals surface area (Å²) in [6.45, 7) is 0. The fourth-order valence-corrected chi connectivity index (χ4v) is 3.50. The number of benzene rings is 2. The maximum Gasteiger partial charge on any atom is 0.339 e. The van der Waals surface area contributed by atoms with Gasteiger partial charge in [0, 0.05) is 15.7 Å². The number of hydrogen-bond acceptors (Lipinski definition) is 11. The average Bonchev–Trinajstić information content (AvgIpc) is 3.49. The fourth-order valence-electron chi connectivity index (χ4n) is 3.10. The molecule has 0 aliphatic carbocycles. The zero-order valence-corrected chi connectivity index (χ0v) is 19.1. The Morgan fingerprint density at radius 3 is 2.60 bits per heavy atom. The molecule has 0 saturated heterocycles. The van der Waals surface area contributed by atoms with Crippen molar-refractivity contribution in [1.82, 2.24) is 20.3 Å². The van der Waals surface area contributed by atoms with Crippen molar-refractivity contribution in [3.8, 4) is 17.1 Å². The Balaban J connectivity index is 1.37. The van der Waals surface area contributed by atoms with Gasteiger partial charge in [-0.05, 0) is 58.8 Å². The van der Waals surface area contributed by atoms with Gasteiger partial charge in [0.2, 0.25) is 11.3 Å². The van der Waals surface area contributed by atoms with E-state index in [1.807, 2.05) is 24.3 Å². The van der Waals surface area contributed by atoms with E-state index in [0.29, 0.717) is 22.9 Å². The van der Waals surface area contributed by atoms with Crippen LogP contribution in [0.4, 0.5) is 17.3 Å². The molecule has 2 aromatic carbocycles. The first-order chi connectivity index (χ1) is 17.0. The molecule has 0 aliphatic rings. The van der Waals surface area contributed by atoms with E-state index in [4.69, 9.17) is 9.05 Å². The van der Waals surface area contributed by atoms with Gasteiger partial charge in [-0.15, -0.1) is 0 Å². The van der Waals surface area contributed by atoms with Crippen LogP contribution in [0.15, 0.2) is 73.2 Å². The van der Waals surface area contributed by atoms with Gasteiger partial charge in [-0.3, -0.25) is 5.43 Å². The first-order valence-electron chi connectivity index (χ1n) is 9.95. The van der Waals surface area contributed by atoms with E-state index in [1.54, 1.807) is 18.2 Å². The lowest BCUT2D eigenvalue weighted by molar-refractivity contribution is 0.0694. The third kappa shape index (κ3) is 4.79. The number of hydrogen-bond donors (Lipinski definition) is 4. The van der Waals surface area contributed by atoms with Crippen LogP contribution >= 0.6 is 15.9 Å². The first kappa shape index (κ1) is 22.0. The highest BCUT2D eigenvalue weighted by molar-refractivity contribution is 9.10. The maximum absolute atomic E-state index is 11.3. The molecule has 0 bridgehead atoms. The minimum atomic E-state index is -1.24. The third-order valence-corrected chi connectivity index (χ3v) is 5.20. The van der Waals surface area contributed by atoms with E-state index in [-0.39, 0.29) is 28.4 Å². The number of aromatic hydroxyl groups is 1. The topological polar surface area (TPSA) is 172 Å². The molecule has 0 unspecified atom stereocenters. The van der Waals surface area contributed by atoms with Crippen molar-refractivity contribution in [1.29, 1.82) is 0 Å². The number of anilines is 3. The van der Waals surface area contributed by atoms with Crippen molar-refractivity contribution in [2.45, 2.75) is 0 Å². The molecule has 0 radical (unpaired) electrons. The summed E-state index contributed by atoms with van der Waals surface area (Å²) in [4.78, 5) is 20.0. The van der Waals surface area contributed by atoms with Crippen molar-refractivity contribution >= 4 is 56.7 Å². The maximum atomic E-state index is 11.3. The predicted octanol–water partition coefficient (Wildman–Crippen LogP) is 4.63. The number of rotatable bonds is 7. The summed E-state index contributed by atoms with van der Waals surface area (Å²) in [6, 6.07) is 15.0. The Kier molecular flexibility index (Phi) is 5.81. The minimum absolute atomic E-state index is 0.198. The molecule has 0 fully saturated rings. The van der Waals surface area contributed by atoms with Gasteiger partial charge in [-0.25, -0.2) is 14.4 Å². The number of carbonyl (C=O) groups is 1. The van der Waals surface area contributed by atoms with E-state index in [2.05, 4.69) is 52.1 Å².